The Morgan fingerprint density at radius 2 is 1.78 bits per heavy atom. The maximum Gasteiger partial charge on any atom is 0.412 e. The van der Waals surface area contributed by atoms with Crippen molar-refractivity contribution in [1.82, 2.24) is 4.90 Å². The lowest BCUT2D eigenvalue weighted by atomic mass is 9.76. The molecule has 37 heavy (non-hydrogen) atoms. The van der Waals surface area contributed by atoms with Gasteiger partial charge in [-0.2, -0.15) is 0 Å². The highest BCUT2D eigenvalue weighted by Crippen LogP contribution is 2.52. The number of fused-ring (bicyclic) bond motifs is 6. The maximum absolute atomic E-state index is 13.2. The van der Waals surface area contributed by atoms with Gasteiger partial charge in [0.25, 0.3) is 0 Å². The van der Waals surface area contributed by atoms with Crippen molar-refractivity contribution in [2.45, 2.75) is 62.7 Å². The Morgan fingerprint density at radius 1 is 1.05 bits per heavy atom. The Balaban J connectivity index is 1.29. The molecule has 2 bridgehead atoms. The molecule has 9 heteroatoms. The zero-order valence-electron chi connectivity index (χ0n) is 21.4. The van der Waals surface area contributed by atoms with E-state index < -0.39 is 48.1 Å². The second kappa shape index (κ2) is 8.70. The average molecular weight is 509 g/mol. The minimum Gasteiger partial charge on any atom is -0.462 e. The summed E-state index contributed by atoms with van der Waals surface area (Å²) in [6.07, 6.45) is -1.79. The molecule has 0 spiro atoms. The Kier molecular flexibility index (Phi) is 5.69. The molecule has 6 rings (SSSR count). The summed E-state index contributed by atoms with van der Waals surface area (Å²) in [5, 5.41) is 4.90. The molecule has 2 aromatic carbocycles. The van der Waals surface area contributed by atoms with E-state index in [2.05, 4.69) is 5.32 Å². The number of carbonyl (C=O) groups is 3. The van der Waals surface area contributed by atoms with Gasteiger partial charge < -0.3 is 23.8 Å². The number of hydrogen-bond acceptors (Lipinski definition) is 8. The number of ether oxygens (including phenoxy) is 4. The van der Waals surface area contributed by atoms with Crippen LogP contribution in [0.1, 0.15) is 26.7 Å². The molecule has 0 radical (unpaired) electrons. The van der Waals surface area contributed by atoms with Gasteiger partial charge in [-0.25, -0.2) is 4.79 Å². The number of amides is 1. The van der Waals surface area contributed by atoms with Gasteiger partial charge in [-0.3, -0.25) is 14.9 Å². The molecular weight excluding hydrogens is 476 g/mol. The molecule has 1 N–H and O–H groups in total. The number of nitrogens with zero attached hydrogens (tertiary/aromatic N) is 1. The molecule has 0 aromatic heterocycles. The van der Waals surface area contributed by atoms with Gasteiger partial charge in [-0.15, -0.1) is 0 Å². The lowest BCUT2D eigenvalue weighted by Gasteiger charge is -2.35. The summed E-state index contributed by atoms with van der Waals surface area (Å²) in [6, 6.07) is 13.1. The van der Waals surface area contributed by atoms with E-state index >= 15 is 0 Å². The van der Waals surface area contributed by atoms with Crippen molar-refractivity contribution >= 4 is 34.5 Å². The fourth-order valence-corrected chi connectivity index (χ4v) is 6.66. The van der Waals surface area contributed by atoms with E-state index in [-0.39, 0.29) is 23.8 Å². The third-order valence-electron chi connectivity index (χ3n) is 8.56. The fraction of sp³-hybridized carbons (Fsp3) is 0.536. The van der Waals surface area contributed by atoms with E-state index in [0.717, 1.165) is 10.8 Å². The van der Waals surface area contributed by atoms with Crippen molar-refractivity contribution < 1.29 is 33.3 Å². The molecule has 4 aliphatic rings. The second-order valence-corrected chi connectivity index (χ2v) is 11.2. The highest BCUT2D eigenvalue weighted by atomic mass is 16.7. The summed E-state index contributed by atoms with van der Waals surface area (Å²) >= 11 is 0. The van der Waals surface area contributed by atoms with Crippen molar-refractivity contribution in [3.05, 3.63) is 42.5 Å². The Hall–Kier alpha value is -3.17. The van der Waals surface area contributed by atoms with Crippen LogP contribution in [0.25, 0.3) is 10.8 Å². The van der Waals surface area contributed by atoms with Crippen molar-refractivity contribution in [3.8, 4) is 0 Å². The van der Waals surface area contributed by atoms with E-state index in [9.17, 15) is 14.4 Å². The normalized spacial score (nSPS) is 38.4. The quantitative estimate of drug-likeness (QED) is 0.382. The number of benzene rings is 2. The van der Waals surface area contributed by atoms with Crippen molar-refractivity contribution in [2.75, 3.05) is 19.4 Å². The molecule has 196 valence electrons. The molecular formula is C28H32N2O7. The third-order valence-corrected chi connectivity index (χ3v) is 8.56. The standard InChI is InChI=1S/C28H32N2O7/c1-14-21-19-12-18(26(32)34-19)22(30(3)4)23(24-28(2,37-24)13-20(21)35-25(14)31)36-27(33)29-17-10-9-15-7-5-6-8-16(15)11-17/h5-11,14,18-24H,12-13H2,1-4H3,(H,29,33). The first-order valence-electron chi connectivity index (χ1n) is 12.9. The zero-order chi connectivity index (χ0) is 26.1. The highest BCUT2D eigenvalue weighted by molar-refractivity contribution is 5.91. The Bertz CT molecular complexity index is 1260. The summed E-state index contributed by atoms with van der Waals surface area (Å²) < 4.78 is 23.8. The number of hydrogen-bond donors (Lipinski definition) is 1. The molecule has 9 atom stereocenters. The largest absolute Gasteiger partial charge is 0.462 e. The van der Waals surface area contributed by atoms with Crippen LogP contribution in [0, 0.1) is 17.8 Å². The predicted molar refractivity (Wildman–Crippen MR) is 134 cm³/mol. The summed E-state index contributed by atoms with van der Waals surface area (Å²) in [7, 11) is 3.73. The van der Waals surface area contributed by atoms with Crippen LogP contribution < -0.4 is 5.32 Å². The lowest BCUT2D eigenvalue weighted by molar-refractivity contribution is -0.149. The predicted octanol–water partition coefficient (Wildman–Crippen LogP) is 3.36. The number of likely N-dealkylation sites (N-methyl/N-ethyl adjacent to an activating group) is 1. The van der Waals surface area contributed by atoms with Crippen LogP contribution in [-0.2, 0) is 28.5 Å². The molecule has 3 saturated heterocycles. The van der Waals surface area contributed by atoms with Crippen LogP contribution >= 0.6 is 0 Å². The summed E-state index contributed by atoms with van der Waals surface area (Å²) in [6.45, 7) is 3.78. The van der Waals surface area contributed by atoms with Crippen molar-refractivity contribution in [3.63, 3.8) is 0 Å². The number of rotatable bonds is 3. The van der Waals surface area contributed by atoms with Crippen LogP contribution in [0.3, 0.4) is 0 Å². The number of anilines is 1. The smallest absolute Gasteiger partial charge is 0.412 e. The van der Waals surface area contributed by atoms with Gasteiger partial charge in [-0.05, 0) is 50.3 Å². The van der Waals surface area contributed by atoms with Crippen LogP contribution in [0.5, 0.6) is 0 Å². The van der Waals surface area contributed by atoms with E-state index in [0.29, 0.717) is 18.5 Å². The molecule has 9 unspecified atom stereocenters. The van der Waals surface area contributed by atoms with Gasteiger partial charge in [0.2, 0.25) is 0 Å². The first kappa shape index (κ1) is 24.2. The number of esters is 2. The van der Waals surface area contributed by atoms with Gasteiger partial charge in [-0.1, -0.05) is 37.3 Å². The monoisotopic (exact) mass is 508 g/mol. The molecule has 9 nitrogen and oxygen atoms in total. The molecule has 2 aromatic rings. The molecule has 1 amide bonds. The van der Waals surface area contributed by atoms with Gasteiger partial charge in [0.1, 0.15) is 24.4 Å². The third kappa shape index (κ3) is 4.14. The topological polar surface area (TPSA) is 107 Å². The number of carbonyl (C=O) groups excluding carboxylic acids is 3. The second-order valence-electron chi connectivity index (χ2n) is 11.2. The maximum atomic E-state index is 13.2. The minimum absolute atomic E-state index is 0.223. The molecule has 3 heterocycles. The molecule has 1 saturated carbocycles. The van der Waals surface area contributed by atoms with Gasteiger partial charge in [0.05, 0.1) is 23.5 Å². The summed E-state index contributed by atoms with van der Waals surface area (Å²) in [5.74, 6) is -1.74. The first-order chi connectivity index (χ1) is 17.6. The van der Waals surface area contributed by atoms with Crippen LogP contribution in [0.15, 0.2) is 42.5 Å². The molecule has 1 aliphatic carbocycles. The van der Waals surface area contributed by atoms with E-state index in [1.54, 1.807) is 0 Å². The number of nitrogens with one attached hydrogen (secondary N) is 1. The van der Waals surface area contributed by atoms with Crippen molar-refractivity contribution in [1.29, 1.82) is 0 Å². The minimum atomic E-state index is -0.733. The number of epoxide rings is 1. The SMILES string of the molecule is CC1C(=O)OC2CC3(C)OC3C(OC(=O)Nc3ccc4ccccc4c3)C(N(C)C)C3CC(OC3=O)C21. The van der Waals surface area contributed by atoms with Crippen LogP contribution in [-0.4, -0.2) is 73.1 Å². The Labute approximate surface area is 215 Å². The van der Waals surface area contributed by atoms with Gasteiger partial charge in [0, 0.05) is 18.0 Å². The Morgan fingerprint density at radius 3 is 2.54 bits per heavy atom. The first-order valence-corrected chi connectivity index (χ1v) is 12.9. The summed E-state index contributed by atoms with van der Waals surface area (Å²) in [5.41, 5.74) is -0.0469. The van der Waals surface area contributed by atoms with Crippen LogP contribution in [0.4, 0.5) is 10.5 Å². The summed E-state index contributed by atoms with van der Waals surface area (Å²) in [4.78, 5) is 40.7. The lowest BCUT2D eigenvalue weighted by Crippen LogP contribution is -2.52. The average Bonchev–Trinajstić information content (AvgIpc) is 3.24. The van der Waals surface area contributed by atoms with Crippen molar-refractivity contribution in [2.24, 2.45) is 17.8 Å². The molecule has 4 fully saturated rings. The fourth-order valence-electron chi connectivity index (χ4n) is 6.66. The van der Waals surface area contributed by atoms with E-state index in [1.807, 2.05) is 75.3 Å². The van der Waals surface area contributed by atoms with Crippen LogP contribution in [0.2, 0.25) is 0 Å². The molecule has 3 aliphatic heterocycles. The highest BCUT2D eigenvalue weighted by Gasteiger charge is 2.66. The van der Waals surface area contributed by atoms with E-state index in [4.69, 9.17) is 18.9 Å². The van der Waals surface area contributed by atoms with Gasteiger partial charge in [0.15, 0.2) is 0 Å². The van der Waals surface area contributed by atoms with Gasteiger partial charge >= 0.3 is 18.0 Å². The van der Waals surface area contributed by atoms with E-state index in [1.165, 1.54) is 0 Å². The zero-order valence-corrected chi connectivity index (χ0v) is 21.4.